The van der Waals surface area contributed by atoms with Gasteiger partial charge < -0.3 is 15.8 Å². The molecule has 0 aromatic heterocycles. The molecule has 0 saturated heterocycles. The van der Waals surface area contributed by atoms with Crippen LogP contribution >= 0.6 is 0 Å². The van der Waals surface area contributed by atoms with Crippen LogP contribution in [-0.4, -0.2) is 17.8 Å². The lowest BCUT2D eigenvalue weighted by Gasteiger charge is -1.95. The molecule has 0 rings (SSSR count). The summed E-state index contributed by atoms with van der Waals surface area (Å²) in [5.41, 5.74) is 5.01. The molecule has 6 nitrogen and oxygen atoms in total. The van der Waals surface area contributed by atoms with E-state index in [1.807, 2.05) is 0 Å². The molecule has 6 heteroatoms. The Bertz CT molecular complexity index is 165. The van der Waals surface area contributed by atoms with Crippen LogP contribution in [0.15, 0.2) is 12.0 Å². The molecule has 0 aliphatic carbocycles. The van der Waals surface area contributed by atoms with Crippen LogP contribution in [0.1, 0.15) is 0 Å². The second kappa shape index (κ2) is 4.30. The first-order valence-corrected chi connectivity index (χ1v) is 2.45. The van der Waals surface area contributed by atoms with Gasteiger partial charge in [0.1, 0.15) is 6.29 Å². The zero-order chi connectivity index (χ0) is 7.98. The molecule has 0 amide bonds. The molecule has 0 saturated carbocycles. The summed E-state index contributed by atoms with van der Waals surface area (Å²) in [4.78, 5) is 18.7. The van der Waals surface area contributed by atoms with Gasteiger partial charge in [-0.15, -0.1) is 0 Å². The zero-order valence-corrected chi connectivity index (χ0v) is 5.11. The average Bonchev–Trinajstić information content (AvgIpc) is 1.82. The molecule has 0 spiro atoms. The van der Waals surface area contributed by atoms with Crippen LogP contribution in [0, 0.1) is 10.1 Å². The summed E-state index contributed by atoms with van der Waals surface area (Å²) in [5.74, 6) is -0.128. The van der Waals surface area contributed by atoms with Crippen LogP contribution in [0.2, 0.25) is 0 Å². The number of hydrogen-bond donors (Lipinski definition) is 2. The second-order valence-corrected chi connectivity index (χ2v) is 1.42. The van der Waals surface area contributed by atoms with Crippen LogP contribution < -0.4 is 11.1 Å². The van der Waals surface area contributed by atoms with E-state index in [0.717, 1.165) is 0 Å². The van der Waals surface area contributed by atoms with Crippen molar-refractivity contribution in [2.24, 2.45) is 5.73 Å². The van der Waals surface area contributed by atoms with Gasteiger partial charge >= 0.3 is 0 Å². The van der Waals surface area contributed by atoms with E-state index in [1.54, 1.807) is 0 Å². The minimum atomic E-state index is -0.701. The molecule has 0 aliphatic rings. The highest BCUT2D eigenvalue weighted by Crippen LogP contribution is 1.75. The predicted molar refractivity (Wildman–Crippen MR) is 33.3 cm³/mol. The number of carbonyl (C=O) groups excluding carboxylic acids is 1. The maximum Gasteiger partial charge on any atom is 0.273 e. The molecular formula is C4H7N3O3. The summed E-state index contributed by atoms with van der Waals surface area (Å²) >= 11 is 0. The van der Waals surface area contributed by atoms with Gasteiger partial charge in [-0.2, -0.15) is 0 Å². The minimum absolute atomic E-state index is 0.0177. The second-order valence-electron chi connectivity index (χ2n) is 1.42. The molecule has 0 heterocycles. The first kappa shape index (κ1) is 8.41. The van der Waals surface area contributed by atoms with Crippen molar-refractivity contribution in [1.82, 2.24) is 5.32 Å². The molecule has 0 unspecified atom stereocenters. The molecule has 56 valence electrons. The standard InChI is InChI=1S/C4H7N3O3/c5-4(3-7(9)10)6-1-2-8/h2-3,6H,1,5H2/b4-3-. The van der Waals surface area contributed by atoms with E-state index in [0.29, 0.717) is 12.5 Å². The van der Waals surface area contributed by atoms with Crippen LogP contribution in [0.25, 0.3) is 0 Å². The first-order valence-electron chi connectivity index (χ1n) is 2.45. The van der Waals surface area contributed by atoms with Crippen molar-refractivity contribution in [3.63, 3.8) is 0 Å². The normalized spacial score (nSPS) is 10.6. The van der Waals surface area contributed by atoms with E-state index in [-0.39, 0.29) is 12.4 Å². The Hall–Kier alpha value is -1.59. The molecule has 0 fully saturated rings. The highest BCUT2D eigenvalue weighted by Gasteiger charge is 1.93. The molecule has 0 aliphatic heterocycles. The fourth-order valence-corrected chi connectivity index (χ4v) is 0.319. The Balaban J connectivity index is 3.70. The third-order valence-electron chi connectivity index (χ3n) is 0.634. The van der Waals surface area contributed by atoms with E-state index in [1.165, 1.54) is 0 Å². The fourth-order valence-electron chi connectivity index (χ4n) is 0.319. The Labute approximate surface area is 56.8 Å². The largest absolute Gasteiger partial charge is 0.380 e. The monoisotopic (exact) mass is 145 g/mol. The van der Waals surface area contributed by atoms with Gasteiger partial charge in [0, 0.05) is 0 Å². The summed E-state index contributed by atoms with van der Waals surface area (Å²) in [6.45, 7) is -0.0177. The number of hydrogen-bond acceptors (Lipinski definition) is 5. The van der Waals surface area contributed by atoms with E-state index in [4.69, 9.17) is 5.73 Å². The smallest absolute Gasteiger partial charge is 0.273 e. The van der Waals surface area contributed by atoms with Crippen molar-refractivity contribution >= 4 is 6.29 Å². The SMILES string of the molecule is N/C(=C/[N+](=O)[O-])NCC=O. The van der Waals surface area contributed by atoms with Gasteiger partial charge in [0.15, 0.2) is 5.82 Å². The first-order chi connectivity index (χ1) is 4.66. The number of nitro groups is 1. The number of rotatable bonds is 4. The quantitative estimate of drug-likeness (QED) is 0.294. The summed E-state index contributed by atoms with van der Waals surface area (Å²) < 4.78 is 0. The zero-order valence-electron chi connectivity index (χ0n) is 5.11. The van der Waals surface area contributed by atoms with Gasteiger partial charge in [-0.25, -0.2) is 0 Å². The highest BCUT2D eigenvalue weighted by molar-refractivity contribution is 5.52. The molecule has 0 bridgehead atoms. The maximum absolute atomic E-state index is 9.69. The molecule has 0 atom stereocenters. The lowest BCUT2D eigenvalue weighted by molar-refractivity contribution is -0.403. The summed E-state index contributed by atoms with van der Waals surface area (Å²) in [6, 6.07) is 0. The predicted octanol–water partition coefficient (Wildman–Crippen LogP) is -1.19. The van der Waals surface area contributed by atoms with E-state index < -0.39 is 4.92 Å². The lowest BCUT2D eigenvalue weighted by atomic mass is 10.6. The highest BCUT2D eigenvalue weighted by atomic mass is 16.6. The maximum atomic E-state index is 9.69. The van der Waals surface area contributed by atoms with Crippen molar-refractivity contribution < 1.29 is 9.72 Å². The molecular weight excluding hydrogens is 138 g/mol. The lowest BCUT2D eigenvalue weighted by Crippen LogP contribution is -2.22. The van der Waals surface area contributed by atoms with E-state index >= 15 is 0 Å². The van der Waals surface area contributed by atoms with Crippen LogP contribution in [0.5, 0.6) is 0 Å². The van der Waals surface area contributed by atoms with Gasteiger partial charge in [0.05, 0.1) is 11.5 Å². The number of nitrogens with one attached hydrogen (secondary N) is 1. The Morgan fingerprint density at radius 1 is 1.80 bits per heavy atom. The van der Waals surface area contributed by atoms with Gasteiger partial charge in [-0.3, -0.25) is 10.1 Å². The average molecular weight is 145 g/mol. The van der Waals surface area contributed by atoms with Gasteiger partial charge in [-0.05, 0) is 0 Å². The van der Waals surface area contributed by atoms with Crippen LogP contribution in [0.4, 0.5) is 0 Å². The van der Waals surface area contributed by atoms with Crippen molar-refractivity contribution in [3.05, 3.63) is 22.1 Å². The minimum Gasteiger partial charge on any atom is -0.380 e. The van der Waals surface area contributed by atoms with Gasteiger partial charge in [-0.1, -0.05) is 0 Å². The number of aldehydes is 1. The summed E-state index contributed by atoms with van der Waals surface area (Å²) in [7, 11) is 0. The molecule has 0 aromatic carbocycles. The number of nitrogens with zero attached hydrogens (tertiary/aromatic N) is 1. The summed E-state index contributed by atoms with van der Waals surface area (Å²) in [6.07, 6.45) is 1.14. The van der Waals surface area contributed by atoms with Crippen molar-refractivity contribution in [1.29, 1.82) is 0 Å². The molecule has 3 N–H and O–H groups in total. The third kappa shape index (κ3) is 4.57. The number of carbonyl (C=O) groups is 1. The fraction of sp³-hybridized carbons (Fsp3) is 0.250. The van der Waals surface area contributed by atoms with Gasteiger partial charge in [0.2, 0.25) is 0 Å². The number of nitrogens with two attached hydrogens (primary N) is 1. The Morgan fingerprint density at radius 2 is 2.40 bits per heavy atom. The van der Waals surface area contributed by atoms with E-state index in [9.17, 15) is 14.9 Å². The Morgan fingerprint density at radius 3 is 2.80 bits per heavy atom. The van der Waals surface area contributed by atoms with E-state index in [2.05, 4.69) is 5.32 Å². The van der Waals surface area contributed by atoms with Crippen LogP contribution in [-0.2, 0) is 4.79 Å². The van der Waals surface area contributed by atoms with Crippen molar-refractivity contribution in [2.75, 3.05) is 6.54 Å². The van der Waals surface area contributed by atoms with Crippen molar-refractivity contribution in [2.45, 2.75) is 0 Å². The third-order valence-corrected chi connectivity index (χ3v) is 0.634. The molecule has 0 aromatic rings. The summed E-state index contributed by atoms with van der Waals surface area (Å²) in [5, 5.41) is 12.0. The molecule has 10 heavy (non-hydrogen) atoms. The van der Waals surface area contributed by atoms with Crippen molar-refractivity contribution in [3.8, 4) is 0 Å². The van der Waals surface area contributed by atoms with Crippen LogP contribution in [0.3, 0.4) is 0 Å². The van der Waals surface area contributed by atoms with Gasteiger partial charge in [0.25, 0.3) is 6.20 Å². The molecule has 0 radical (unpaired) electrons. The topological polar surface area (TPSA) is 98.3 Å². The Kier molecular flexibility index (Phi) is 3.62.